The van der Waals surface area contributed by atoms with Crippen molar-refractivity contribution in [3.05, 3.63) is 22.7 Å². The third-order valence-corrected chi connectivity index (χ3v) is 2.72. The molecule has 0 saturated carbocycles. The first-order chi connectivity index (χ1) is 7.58. The maximum absolute atomic E-state index is 9.59. The van der Waals surface area contributed by atoms with Gasteiger partial charge in [-0.3, -0.25) is 0 Å². The maximum Gasteiger partial charge on any atom is 0.120 e. The van der Waals surface area contributed by atoms with E-state index >= 15 is 0 Å². The van der Waals surface area contributed by atoms with E-state index in [1.165, 1.54) is 0 Å². The lowest BCUT2D eigenvalue weighted by atomic mass is 10.1. The van der Waals surface area contributed by atoms with Crippen LogP contribution in [-0.2, 0) is 6.42 Å². The number of halogens is 1. The van der Waals surface area contributed by atoms with Crippen molar-refractivity contribution < 1.29 is 5.11 Å². The molecule has 1 aromatic carbocycles. The summed E-state index contributed by atoms with van der Waals surface area (Å²) < 4.78 is 0. The SMILES string of the molecule is CCc1cc(N=CN(C)CC)c(Cl)cc1O. The summed E-state index contributed by atoms with van der Waals surface area (Å²) in [6.45, 7) is 4.91. The lowest BCUT2D eigenvalue weighted by molar-refractivity contribution is 0.469. The predicted molar refractivity (Wildman–Crippen MR) is 69.0 cm³/mol. The van der Waals surface area contributed by atoms with Crippen molar-refractivity contribution in [1.29, 1.82) is 0 Å². The molecule has 0 atom stereocenters. The van der Waals surface area contributed by atoms with Crippen molar-refractivity contribution in [2.24, 2.45) is 4.99 Å². The molecule has 1 rings (SSSR count). The van der Waals surface area contributed by atoms with Gasteiger partial charge in [0, 0.05) is 19.7 Å². The van der Waals surface area contributed by atoms with Gasteiger partial charge in [0.2, 0.25) is 0 Å². The Kier molecular flexibility index (Phi) is 4.62. The lowest BCUT2D eigenvalue weighted by Crippen LogP contribution is -2.14. The Labute approximate surface area is 101 Å². The van der Waals surface area contributed by atoms with Gasteiger partial charge in [0.25, 0.3) is 0 Å². The summed E-state index contributed by atoms with van der Waals surface area (Å²) in [6, 6.07) is 3.36. The molecule has 0 bridgehead atoms. The van der Waals surface area contributed by atoms with Gasteiger partial charge in [-0.15, -0.1) is 0 Å². The van der Waals surface area contributed by atoms with Crippen LogP contribution in [-0.4, -0.2) is 29.9 Å². The quantitative estimate of drug-likeness (QED) is 0.648. The smallest absolute Gasteiger partial charge is 0.120 e. The molecule has 0 aliphatic heterocycles. The first kappa shape index (κ1) is 12.8. The van der Waals surface area contributed by atoms with E-state index in [4.69, 9.17) is 11.6 Å². The van der Waals surface area contributed by atoms with Crippen molar-refractivity contribution in [1.82, 2.24) is 4.90 Å². The van der Waals surface area contributed by atoms with E-state index in [1.807, 2.05) is 31.9 Å². The van der Waals surface area contributed by atoms with Crippen LogP contribution in [0.4, 0.5) is 5.69 Å². The number of benzene rings is 1. The number of hydrogen-bond donors (Lipinski definition) is 1. The number of aliphatic imine (C=N–C) groups is 1. The van der Waals surface area contributed by atoms with Gasteiger partial charge >= 0.3 is 0 Å². The van der Waals surface area contributed by atoms with Crippen LogP contribution in [0.25, 0.3) is 0 Å². The van der Waals surface area contributed by atoms with Gasteiger partial charge in [-0.25, -0.2) is 4.99 Å². The molecule has 0 aliphatic carbocycles. The van der Waals surface area contributed by atoms with Crippen LogP contribution < -0.4 is 0 Å². The molecule has 1 aromatic rings. The van der Waals surface area contributed by atoms with Gasteiger partial charge in [0.1, 0.15) is 5.75 Å². The fraction of sp³-hybridized carbons (Fsp3) is 0.417. The zero-order valence-electron chi connectivity index (χ0n) is 9.87. The first-order valence-corrected chi connectivity index (χ1v) is 5.72. The maximum atomic E-state index is 9.59. The molecule has 0 unspecified atom stereocenters. The Morgan fingerprint density at radius 2 is 2.12 bits per heavy atom. The second kappa shape index (κ2) is 5.75. The average Bonchev–Trinajstić information content (AvgIpc) is 2.27. The second-order valence-electron chi connectivity index (χ2n) is 3.60. The number of phenolic OH excluding ortho intramolecular Hbond substituents is 1. The lowest BCUT2D eigenvalue weighted by Gasteiger charge is -2.09. The minimum atomic E-state index is 0.232. The van der Waals surface area contributed by atoms with Gasteiger partial charge in [-0.2, -0.15) is 0 Å². The summed E-state index contributed by atoms with van der Waals surface area (Å²) in [7, 11) is 1.94. The highest BCUT2D eigenvalue weighted by molar-refractivity contribution is 6.33. The normalized spacial score (nSPS) is 11.0. The van der Waals surface area contributed by atoms with Crippen LogP contribution in [0.5, 0.6) is 5.75 Å². The minimum absolute atomic E-state index is 0.232. The predicted octanol–water partition coefficient (Wildman–Crippen LogP) is 3.22. The summed E-state index contributed by atoms with van der Waals surface area (Å²) in [5.41, 5.74) is 1.55. The van der Waals surface area contributed by atoms with E-state index in [0.29, 0.717) is 10.7 Å². The molecule has 16 heavy (non-hydrogen) atoms. The highest BCUT2D eigenvalue weighted by atomic mass is 35.5. The fourth-order valence-corrected chi connectivity index (χ4v) is 1.43. The fourth-order valence-electron chi connectivity index (χ4n) is 1.22. The molecule has 1 N–H and O–H groups in total. The zero-order chi connectivity index (χ0) is 12.1. The molecule has 88 valence electrons. The number of rotatable bonds is 4. The molecule has 0 heterocycles. The van der Waals surface area contributed by atoms with Crippen LogP contribution in [0, 0.1) is 0 Å². The van der Waals surface area contributed by atoms with Crippen molar-refractivity contribution in [2.45, 2.75) is 20.3 Å². The molecule has 4 heteroatoms. The molecule has 0 amide bonds. The Hall–Kier alpha value is -1.22. The monoisotopic (exact) mass is 240 g/mol. The highest BCUT2D eigenvalue weighted by Gasteiger charge is 2.05. The van der Waals surface area contributed by atoms with Crippen molar-refractivity contribution in [3.8, 4) is 5.75 Å². The Bertz CT molecular complexity index is 391. The topological polar surface area (TPSA) is 35.8 Å². The van der Waals surface area contributed by atoms with Gasteiger partial charge in [0.15, 0.2) is 0 Å². The number of hydrogen-bond acceptors (Lipinski definition) is 2. The Balaban J connectivity index is 3.00. The van der Waals surface area contributed by atoms with Crippen molar-refractivity contribution in [3.63, 3.8) is 0 Å². The Morgan fingerprint density at radius 1 is 1.44 bits per heavy atom. The van der Waals surface area contributed by atoms with E-state index in [1.54, 1.807) is 12.4 Å². The number of phenols is 1. The van der Waals surface area contributed by atoms with E-state index in [0.717, 1.165) is 18.5 Å². The first-order valence-electron chi connectivity index (χ1n) is 5.34. The van der Waals surface area contributed by atoms with Crippen LogP contribution in [0.1, 0.15) is 19.4 Å². The summed E-state index contributed by atoms with van der Waals surface area (Å²) in [6.07, 6.45) is 2.49. The second-order valence-corrected chi connectivity index (χ2v) is 4.01. The molecule has 0 aromatic heterocycles. The summed E-state index contributed by atoms with van der Waals surface area (Å²) in [5, 5.41) is 10.1. The summed E-state index contributed by atoms with van der Waals surface area (Å²) in [5.74, 6) is 0.232. The number of aryl methyl sites for hydroxylation is 1. The van der Waals surface area contributed by atoms with E-state index in [2.05, 4.69) is 4.99 Å². The van der Waals surface area contributed by atoms with Crippen LogP contribution in [0.3, 0.4) is 0 Å². The third kappa shape index (κ3) is 3.14. The van der Waals surface area contributed by atoms with Gasteiger partial charge in [0.05, 0.1) is 17.0 Å². The summed E-state index contributed by atoms with van der Waals surface area (Å²) in [4.78, 5) is 6.24. The average molecular weight is 241 g/mol. The standard InChI is InChI=1S/C12H17ClN2O/c1-4-9-6-11(10(13)7-12(9)16)14-8-15(3)5-2/h6-8,16H,4-5H2,1-3H3. The van der Waals surface area contributed by atoms with Crippen molar-refractivity contribution >= 4 is 23.6 Å². The molecular formula is C12H17ClN2O. The van der Waals surface area contributed by atoms with Gasteiger partial charge < -0.3 is 10.0 Å². The van der Waals surface area contributed by atoms with Gasteiger partial charge in [-0.05, 0) is 25.0 Å². The molecule has 0 fully saturated rings. The van der Waals surface area contributed by atoms with Crippen molar-refractivity contribution in [2.75, 3.05) is 13.6 Å². The third-order valence-electron chi connectivity index (χ3n) is 2.42. The molecule has 0 spiro atoms. The largest absolute Gasteiger partial charge is 0.508 e. The zero-order valence-corrected chi connectivity index (χ0v) is 10.6. The van der Waals surface area contributed by atoms with Crippen LogP contribution in [0.2, 0.25) is 5.02 Å². The molecule has 0 aliphatic rings. The number of nitrogens with zero attached hydrogens (tertiary/aromatic N) is 2. The van der Waals surface area contributed by atoms with Gasteiger partial charge in [-0.1, -0.05) is 18.5 Å². The number of aromatic hydroxyl groups is 1. The van der Waals surface area contributed by atoms with Crippen LogP contribution >= 0.6 is 11.6 Å². The Morgan fingerprint density at radius 3 is 2.69 bits per heavy atom. The molecule has 3 nitrogen and oxygen atoms in total. The van der Waals surface area contributed by atoms with E-state index in [9.17, 15) is 5.11 Å². The molecular weight excluding hydrogens is 224 g/mol. The molecule has 0 radical (unpaired) electrons. The van der Waals surface area contributed by atoms with E-state index in [-0.39, 0.29) is 5.75 Å². The summed E-state index contributed by atoms with van der Waals surface area (Å²) >= 11 is 5.99. The van der Waals surface area contributed by atoms with Crippen LogP contribution in [0.15, 0.2) is 17.1 Å². The minimum Gasteiger partial charge on any atom is -0.508 e. The highest BCUT2D eigenvalue weighted by Crippen LogP contribution is 2.32. The molecule has 0 saturated heterocycles. The van der Waals surface area contributed by atoms with E-state index < -0.39 is 0 Å².